The van der Waals surface area contributed by atoms with E-state index in [1.165, 1.54) is 5.82 Å². The summed E-state index contributed by atoms with van der Waals surface area (Å²) in [6.45, 7) is 5.85. The van der Waals surface area contributed by atoms with Crippen molar-refractivity contribution in [2.75, 3.05) is 38.2 Å². The molecule has 1 aliphatic heterocycles. The zero-order valence-corrected chi connectivity index (χ0v) is 13.7. The highest BCUT2D eigenvalue weighted by Crippen LogP contribution is 2.14. The van der Waals surface area contributed by atoms with E-state index in [0.29, 0.717) is 0 Å². The van der Waals surface area contributed by atoms with Gasteiger partial charge in [0.15, 0.2) is 0 Å². The average Bonchev–Trinajstić information content (AvgIpc) is 2.63. The fourth-order valence-corrected chi connectivity index (χ4v) is 2.72. The molecule has 0 amide bonds. The summed E-state index contributed by atoms with van der Waals surface area (Å²) in [5.41, 5.74) is 2.16. The molecule has 120 valence electrons. The lowest BCUT2D eigenvalue weighted by Crippen LogP contribution is -2.46. The molecule has 0 aliphatic carbocycles. The van der Waals surface area contributed by atoms with Gasteiger partial charge in [0.1, 0.15) is 18.8 Å². The summed E-state index contributed by atoms with van der Waals surface area (Å²) in [7, 11) is 1.68. The first-order valence-electron chi connectivity index (χ1n) is 7.92. The zero-order chi connectivity index (χ0) is 16.1. The number of H-pyrrole nitrogens is 1. The first kappa shape index (κ1) is 15.3. The van der Waals surface area contributed by atoms with E-state index >= 15 is 0 Å². The van der Waals surface area contributed by atoms with Gasteiger partial charge in [-0.15, -0.1) is 0 Å². The van der Waals surface area contributed by atoms with Crippen LogP contribution in [-0.2, 0) is 0 Å². The van der Waals surface area contributed by atoms with Gasteiger partial charge in [-0.05, 0) is 42.8 Å². The number of benzene rings is 1. The number of pyridine rings is 1. The number of hydrogen-bond acceptors (Lipinski definition) is 4. The van der Waals surface area contributed by atoms with E-state index < -0.39 is 0 Å². The van der Waals surface area contributed by atoms with Crippen LogP contribution in [0.25, 0.3) is 0 Å². The minimum absolute atomic E-state index is 0.870. The molecule has 0 atom stereocenters. The van der Waals surface area contributed by atoms with Gasteiger partial charge in [-0.1, -0.05) is 6.07 Å². The molecule has 5 heteroatoms. The van der Waals surface area contributed by atoms with E-state index in [1.807, 2.05) is 36.5 Å². The molecular formula is C18H23N4O+. The van der Waals surface area contributed by atoms with Gasteiger partial charge in [-0.3, -0.25) is 9.91 Å². The number of hydrogen-bond donors (Lipinski definition) is 0. The number of piperazine rings is 1. The molecule has 0 bridgehead atoms. The Morgan fingerprint density at radius 1 is 1.04 bits per heavy atom. The van der Waals surface area contributed by atoms with Crippen LogP contribution in [0, 0.1) is 0 Å². The van der Waals surface area contributed by atoms with E-state index in [1.54, 1.807) is 7.11 Å². The molecule has 1 aliphatic rings. The Morgan fingerprint density at radius 2 is 1.78 bits per heavy atom. The Kier molecular flexibility index (Phi) is 4.76. The third kappa shape index (κ3) is 3.80. The number of nitrogens with one attached hydrogen (secondary N) is 1. The van der Waals surface area contributed by atoms with Crippen LogP contribution in [-0.4, -0.2) is 44.0 Å². The van der Waals surface area contributed by atoms with E-state index in [0.717, 1.165) is 43.2 Å². The van der Waals surface area contributed by atoms with Crippen molar-refractivity contribution in [3.8, 4) is 5.75 Å². The Bertz CT molecular complexity index is 646. The number of methoxy groups -OCH3 is 1. The topological polar surface area (TPSA) is 42.2 Å². The quantitative estimate of drug-likeness (QED) is 0.812. The number of hydrazone groups is 1. The molecule has 3 rings (SSSR count). The molecule has 1 N–H and O–H groups in total. The lowest BCUT2D eigenvalue weighted by atomic mass is 10.1. The minimum atomic E-state index is 0.870. The van der Waals surface area contributed by atoms with Gasteiger partial charge in [0.25, 0.3) is 5.82 Å². The van der Waals surface area contributed by atoms with Crippen molar-refractivity contribution < 1.29 is 9.72 Å². The fourth-order valence-electron chi connectivity index (χ4n) is 2.72. The average molecular weight is 311 g/mol. The molecule has 1 aromatic carbocycles. The maximum atomic E-state index is 5.19. The summed E-state index contributed by atoms with van der Waals surface area (Å²) in [5, 5.41) is 6.91. The molecule has 0 unspecified atom stereocenters. The summed E-state index contributed by atoms with van der Waals surface area (Å²) in [4.78, 5) is 5.65. The van der Waals surface area contributed by atoms with E-state index in [4.69, 9.17) is 9.84 Å². The van der Waals surface area contributed by atoms with Crippen molar-refractivity contribution in [2.45, 2.75) is 6.92 Å². The Hall–Kier alpha value is -2.56. The number of rotatable bonds is 4. The van der Waals surface area contributed by atoms with Gasteiger partial charge in [-0.25, -0.2) is 4.98 Å². The lowest BCUT2D eigenvalue weighted by molar-refractivity contribution is -0.364. The maximum Gasteiger partial charge on any atom is 0.274 e. The standard InChI is InChI=1S/C18H22N4O/c1-15(16-6-8-17(23-2)9-7-16)20-22-13-11-21(12-14-22)18-5-3-4-10-19-18/h3-10H,11-14H2,1-2H3/p+1/b20-15+. The highest BCUT2D eigenvalue weighted by Gasteiger charge is 2.22. The normalized spacial score (nSPS) is 15.7. The van der Waals surface area contributed by atoms with Crippen molar-refractivity contribution in [3.63, 3.8) is 0 Å². The maximum absolute atomic E-state index is 5.19. The van der Waals surface area contributed by atoms with Crippen LogP contribution in [0.3, 0.4) is 0 Å². The highest BCUT2D eigenvalue weighted by molar-refractivity contribution is 5.98. The Morgan fingerprint density at radius 3 is 2.39 bits per heavy atom. The van der Waals surface area contributed by atoms with Crippen molar-refractivity contribution in [3.05, 3.63) is 54.2 Å². The van der Waals surface area contributed by atoms with E-state index in [9.17, 15) is 0 Å². The van der Waals surface area contributed by atoms with Gasteiger partial charge in [0.2, 0.25) is 0 Å². The van der Waals surface area contributed by atoms with Gasteiger partial charge in [0, 0.05) is 6.07 Å². The summed E-state index contributed by atoms with van der Waals surface area (Å²) in [6.07, 6.45) is 1.97. The molecule has 2 heterocycles. The van der Waals surface area contributed by atoms with Crippen molar-refractivity contribution in [1.82, 2.24) is 5.01 Å². The smallest absolute Gasteiger partial charge is 0.274 e. The van der Waals surface area contributed by atoms with Crippen LogP contribution >= 0.6 is 0 Å². The third-order valence-electron chi connectivity index (χ3n) is 4.09. The van der Waals surface area contributed by atoms with Crippen LogP contribution in [0.2, 0.25) is 0 Å². The van der Waals surface area contributed by atoms with Crippen LogP contribution in [0.5, 0.6) is 5.75 Å². The van der Waals surface area contributed by atoms with E-state index in [-0.39, 0.29) is 0 Å². The SMILES string of the molecule is COc1ccc(/C(C)=N/N2CCN(c3cccc[nH+]3)CC2)cc1. The second-order valence-corrected chi connectivity index (χ2v) is 5.60. The third-order valence-corrected chi connectivity index (χ3v) is 4.09. The summed E-state index contributed by atoms with van der Waals surface area (Å²) >= 11 is 0. The molecule has 0 spiro atoms. The molecular weight excluding hydrogens is 288 g/mol. The molecule has 23 heavy (non-hydrogen) atoms. The van der Waals surface area contributed by atoms with Crippen LogP contribution in [0.15, 0.2) is 53.8 Å². The molecule has 2 aromatic rings. The number of aromatic amines is 1. The number of anilines is 1. The summed E-state index contributed by atoms with van der Waals surface area (Å²) in [5.74, 6) is 2.04. The minimum Gasteiger partial charge on any atom is -0.497 e. The second kappa shape index (κ2) is 7.13. The van der Waals surface area contributed by atoms with Crippen molar-refractivity contribution in [2.24, 2.45) is 5.10 Å². The van der Waals surface area contributed by atoms with Gasteiger partial charge >= 0.3 is 0 Å². The van der Waals surface area contributed by atoms with Crippen LogP contribution < -0.4 is 14.6 Å². The first-order chi connectivity index (χ1) is 11.3. The number of aromatic nitrogens is 1. The van der Waals surface area contributed by atoms with Gasteiger partial charge < -0.3 is 4.74 Å². The molecule has 0 saturated carbocycles. The van der Waals surface area contributed by atoms with Gasteiger partial charge in [0.05, 0.1) is 32.1 Å². The second-order valence-electron chi connectivity index (χ2n) is 5.60. The fraction of sp³-hybridized carbons (Fsp3) is 0.333. The molecule has 1 saturated heterocycles. The van der Waals surface area contributed by atoms with Gasteiger partial charge in [-0.2, -0.15) is 5.10 Å². The largest absolute Gasteiger partial charge is 0.497 e. The lowest BCUT2D eigenvalue weighted by Gasteiger charge is -2.29. The Balaban J connectivity index is 1.60. The monoisotopic (exact) mass is 311 g/mol. The summed E-state index contributed by atoms with van der Waals surface area (Å²) < 4.78 is 5.19. The predicted molar refractivity (Wildman–Crippen MR) is 92.0 cm³/mol. The Labute approximate surface area is 137 Å². The summed E-state index contributed by atoms with van der Waals surface area (Å²) in [6, 6.07) is 14.2. The van der Waals surface area contributed by atoms with E-state index in [2.05, 4.69) is 33.9 Å². The molecule has 1 aromatic heterocycles. The molecule has 0 radical (unpaired) electrons. The highest BCUT2D eigenvalue weighted by atomic mass is 16.5. The first-order valence-corrected chi connectivity index (χ1v) is 7.92. The van der Waals surface area contributed by atoms with Crippen molar-refractivity contribution in [1.29, 1.82) is 0 Å². The number of nitrogens with zero attached hydrogens (tertiary/aromatic N) is 3. The molecule has 5 nitrogen and oxygen atoms in total. The van der Waals surface area contributed by atoms with Crippen molar-refractivity contribution >= 4 is 11.5 Å². The zero-order valence-electron chi connectivity index (χ0n) is 13.7. The number of ether oxygens (including phenoxy) is 1. The predicted octanol–water partition coefficient (Wildman–Crippen LogP) is 2.06. The van der Waals surface area contributed by atoms with Crippen LogP contribution in [0.1, 0.15) is 12.5 Å². The van der Waals surface area contributed by atoms with Crippen LogP contribution in [0.4, 0.5) is 5.82 Å². The molecule has 1 fully saturated rings.